The molecule has 90 valence electrons. The van der Waals surface area contributed by atoms with Crippen LogP contribution in [0.3, 0.4) is 0 Å². The zero-order chi connectivity index (χ0) is 12.0. The van der Waals surface area contributed by atoms with Gasteiger partial charge in [0.15, 0.2) is 0 Å². The summed E-state index contributed by atoms with van der Waals surface area (Å²) in [4.78, 5) is 11.7. The second-order valence-corrected chi connectivity index (χ2v) is 5.11. The number of esters is 1. The number of aryl methyl sites for hydroxylation is 1. The number of carbonyl (C=O) groups excluding carboxylic acids is 1. The fourth-order valence-corrected chi connectivity index (χ4v) is 3.39. The van der Waals surface area contributed by atoms with Gasteiger partial charge in [-0.05, 0) is 30.4 Å². The second-order valence-electron chi connectivity index (χ2n) is 5.11. The Morgan fingerprint density at radius 3 is 3.00 bits per heavy atom. The number of benzene rings is 1. The molecule has 1 fully saturated rings. The van der Waals surface area contributed by atoms with E-state index in [4.69, 9.17) is 4.74 Å². The zero-order valence-electron chi connectivity index (χ0n) is 9.85. The molecule has 1 aromatic rings. The summed E-state index contributed by atoms with van der Waals surface area (Å²) >= 11 is 0. The lowest BCUT2D eigenvalue weighted by Crippen LogP contribution is -2.57. The van der Waals surface area contributed by atoms with E-state index >= 15 is 0 Å². The van der Waals surface area contributed by atoms with Crippen molar-refractivity contribution in [1.29, 1.82) is 0 Å². The third-order valence-electron chi connectivity index (χ3n) is 4.28. The molecule has 0 amide bonds. The van der Waals surface area contributed by atoms with Crippen LogP contribution in [0.15, 0.2) is 24.3 Å². The number of carbonyl (C=O) groups is 1. The highest BCUT2D eigenvalue weighted by Crippen LogP contribution is 2.56. The molecule has 2 aliphatic rings. The SMILES string of the molecule is COC(=O)[C@@H]1C[C@@]2(O)CCc3ccccc3C12. The summed E-state index contributed by atoms with van der Waals surface area (Å²) < 4.78 is 4.81. The van der Waals surface area contributed by atoms with Gasteiger partial charge in [0, 0.05) is 5.92 Å². The molecular formula is C14H16O3. The first-order chi connectivity index (χ1) is 8.15. The molecule has 1 saturated carbocycles. The van der Waals surface area contributed by atoms with Crippen molar-refractivity contribution in [3.8, 4) is 0 Å². The largest absolute Gasteiger partial charge is 0.469 e. The van der Waals surface area contributed by atoms with Crippen molar-refractivity contribution in [1.82, 2.24) is 0 Å². The molecule has 3 rings (SSSR count). The Bertz CT molecular complexity index is 468. The summed E-state index contributed by atoms with van der Waals surface area (Å²) in [5, 5.41) is 10.5. The number of hydrogen-bond donors (Lipinski definition) is 1. The second kappa shape index (κ2) is 3.57. The van der Waals surface area contributed by atoms with Crippen LogP contribution in [0.5, 0.6) is 0 Å². The van der Waals surface area contributed by atoms with Crippen LogP contribution < -0.4 is 0 Å². The molecule has 3 heteroatoms. The molecule has 0 aromatic heterocycles. The van der Waals surface area contributed by atoms with Crippen molar-refractivity contribution in [3.05, 3.63) is 35.4 Å². The van der Waals surface area contributed by atoms with Gasteiger partial charge in [0.2, 0.25) is 0 Å². The van der Waals surface area contributed by atoms with Gasteiger partial charge in [-0.1, -0.05) is 24.3 Å². The highest BCUT2D eigenvalue weighted by Gasteiger charge is 2.58. The monoisotopic (exact) mass is 232 g/mol. The lowest BCUT2D eigenvalue weighted by Gasteiger charge is -2.53. The summed E-state index contributed by atoms with van der Waals surface area (Å²) in [7, 11) is 1.41. The molecule has 0 spiro atoms. The van der Waals surface area contributed by atoms with Crippen LogP contribution in [0.4, 0.5) is 0 Å². The minimum atomic E-state index is -0.687. The highest BCUT2D eigenvalue weighted by molar-refractivity contribution is 5.76. The molecule has 1 N–H and O–H groups in total. The van der Waals surface area contributed by atoms with Crippen molar-refractivity contribution in [2.24, 2.45) is 5.92 Å². The zero-order valence-corrected chi connectivity index (χ0v) is 9.85. The molecule has 0 radical (unpaired) electrons. The standard InChI is InChI=1S/C14H16O3/c1-17-13(15)11-8-14(16)7-6-9-4-2-3-5-10(9)12(11)14/h2-5,11-12,16H,6-8H2,1H3/t11-,12?,14+/m1/s1. The van der Waals surface area contributed by atoms with Crippen LogP contribution in [0.2, 0.25) is 0 Å². The maximum atomic E-state index is 11.7. The molecule has 17 heavy (non-hydrogen) atoms. The van der Waals surface area contributed by atoms with E-state index < -0.39 is 5.60 Å². The van der Waals surface area contributed by atoms with E-state index in [1.54, 1.807) is 0 Å². The van der Waals surface area contributed by atoms with Gasteiger partial charge in [0.25, 0.3) is 0 Å². The molecule has 2 aliphatic carbocycles. The number of aliphatic hydroxyl groups is 1. The van der Waals surface area contributed by atoms with Gasteiger partial charge in [-0.2, -0.15) is 0 Å². The van der Waals surface area contributed by atoms with E-state index in [0.717, 1.165) is 18.4 Å². The first-order valence-electron chi connectivity index (χ1n) is 6.04. The Morgan fingerprint density at radius 1 is 1.47 bits per heavy atom. The minimum absolute atomic E-state index is 0.0695. The molecule has 0 bridgehead atoms. The Kier molecular flexibility index (Phi) is 2.26. The van der Waals surface area contributed by atoms with Gasteiger partial charge in [0.05, 0.1) is 18.6 Å². The van der Waals surface area contributed by atoms with Gasteiger partial charge in [-0.15, -0.1) is 0 Å². The number of rotatable bonds is 1. The van der Waals surface area contributed by atoms with E-state index in [1.165, 1.54) is 12.7 Å². The molecule has 0 aliphatic heterocycles. The number of hydrogen-bond acceptors (Lipinski definition) is 3. The van der Waals surface area contributed by atoms with E-state index in [0.29, 0.717) is 6.42 Å². The van der Waals surface area contributed by atoms with E-state index in [9.17, 15) is 9.90 Å². The summed E-state index contributed by atoms with van der Waals surface area (Å²) in [6.07, 6.45) is 2.19. The van der Waals surface area contributed by atoms with Crippen molar-refractivity contribution in [3.63, 3.8) is 0 Å². The fraction of sp³-hybridized carbons (Fsp3) is 0.500. The normalized spacial score (nSPS) is 34.2. The quantitative estimate of drug-likeness (QED) is 0.749. The molecule has 3 nitrogen and oxygen atoms in total. The smallest absolute Gasteiger partial charge is 0.309 e. The highest BCUT2D eigenvalue weighted by atomic mass is 16.5. The van der Waals surface area contributed by atoms with Crippen LogP contribution in [0.1, 0.15) is 29.9 Å². The van der Waals surface area contributed by atoms with Crippen molar-refractivity contribution in [2.45, 2.75) is 30.8 Å². The van der Waals surface area contributed by atoms with Gasteiger partial charge >= 0.3 is 5.97 Å². The number of methoxy groups -OCH3 is 1. The van der Waals surface area contributed by atoms with E-state index in [1.807, 2.05) is 18.2 Å². The lowest BCUT2D eigenvalue weighted by atomic mass is 9.53. The summed E-state index contributed by atoms with van der Waals surface area (Å²) in [6, 6.07) is 8.09. The van der Waals surface area contributed by atoms with Crippen molar-refractivity contribution < 1.29 is 14.6 Å². The summed E-state index contributed by atoms with van der Waals surface area (Å²) in [6.45, 7) is 0. The van der Waals surface area contributed by atoms with Crippen molar-refractivity contribution in [2.75, 3.05) is 7.11 Å². The van der Waals surface area contributed by atoms with Gasteiger partial charge in [-0.25, -0.2) is 0 Å². The van der Waals surface area contributed by atoms with Crippen LogP contribution in [0.25, 0.3) is 0 Å². The summed E-state index contributed by atoms with van der Waals surface area (Å²) in [5.74, 6) is -0.442. The average Bonchev–Trinajstić information content (AvgIpc) is 2.33. The molecule has 0 heterocycles. The maximum Gasteiger partial charge on any atom is 0.309 e. The Labute approximate surface area is 100 Å². The van der Waals surface area contributed by atoms with Crippen LogP contribution in [-0.4, -0.2) is 23.8 Å². The molecule has 1 unspecified atom stereocenters. The molecule has 3 atom stereocenters. The predicted molar refractivity (Wildman–Crippen MR) is 62.6 cm³/mol. The van der Waals surface area contributed by atoms with Crippen LogP contribution >= 0.6 is 0 Å². The van der Waals surface area contributed by atoms with Gasteiger partial charge in [0.1, 0.15) is 0 Å². The average molecular weight is 232 g/mol. The predicted octanol–water partition coefficient (Wildman–Crippen LogP) is 1.64. The Morgan fingerprint density at radius 2 is 2.24 bits per heavy atom. The van der Waals surface area contributed by atoms with Gasteiger partial charge in [-0.3, -0.25) is 4.79 Å². The first-order valence-corrected chi connectivity index (χ1v) is 6.04. The first kappa shape index (κ1) is 10.8. The van der Waals surface area contributed by atoms with Gasteiger partial charge < -0.3 is 9.84 Å². The Balaban J connectivity index is 2.00. The third-order valence-corrected chi connectivity index (χ3v) is 4.28. The molecular weight excluding hydrogens is 216 g/mol. The molecule has 0 saturated heterocycles. The van der Waals surface area contributed by atoms with E-state index in [-0.39, 0.29) is 17.8 Å². The number of fused-ring (bicyclic) bond motifs is 3. The summed E-state index contributed by atoms with van der Waals surface area (Å²) in [5.41, 5.74) is 1.70. The lowest BCUT2D eigenvalue weighted by molar-refractivity contribution is -0.170. The topological polar surface area (TPSA) is 46.5 Å². The number of ether oxygens (including phenoxy) is 1. The van der Waals surface area contributed by atoms with Crippen LogP contribution in [0, 0.1) is 5.92 Å². The van der Waals surface area contributed by atoms with Crippen molar-refractivity contribution >= 4 is 5.97 Å². The maximum absolute atomic E-state index is 11.7. The Hall–Kier alpha value is -1.35. The van der Waals surface area contributed by atoms with Crippen LogP contribution in [-0.2, 0) is 16.0 Å². The minimum Gasteiger partial charge on any atom is -0.469 e. The fourth-order valence-electron chi connectivity index (χ4n) is 3.39. The van der Waals surface area contributed by atoms with E-state index in [2.05, 4.69) is 6.07 Å². The molecule has 1 aromatic carbocycles. The third kappa shape index (κ3) is 1.42.